The lowest BCUT2D eigenvalue weighted by Crippen LogP contribution is -2.31. The molecule has 4 nitrogen and oxygen atoms in total. The van der Waals surface area contributed by atoms with Crippen LogP contribution in [0, 0.1) is 5.92 Å². The topological polar surface area (TPSA) is 49.8 Å². The van der Waals surface area contributed by atoms with Crippen LogP contribution in [-0.2, 0) is 16.0 Å². The Morgan fingerprint density at radius 1 is 1.42 bits per heavy atom. The first-order chi connectivity index (χ1) is 9.24. The van der Waals surface area contributed by atoms with E-state index in [9.17, 15) is 4.79 Å². The van der Waals surface area contributed by atoms with Crippen LogP contribution in [0.4, 0.5) is 0 Å². The first-order valence-electron chi connectivity index (χ1n) is 6.88. The van der Waals surface area contributed by atoms with Gasteiger partial charge in [-0.1, -0.05) is 24.3 Å². The van der Waals surface area contributed by atoms with E-state index in [1.54, 1.807) is 0 Å². The van der Waals surface area contributed by atoms with Crippen LogP contribution in [0.15, 0.2) is 24.3 Å². The maximum absolute atomic E-state index is 11.0. The maximum atomic E-state index is 11.0. The van der Waals surface area contributed by atoms with E-state index in [1.807, 2.05) is 6.07 Å². The SMILES string of the molecule is O=C(O)C1CCN(CC2OCCc3ccccc32)C1. The Kier molecular flexibility index (Phi) is 3.53. The highest BCUT2D eigenvalue weighted by atomic mass is 16.5. The summed E-state index contributed by atoms with van der Waals surface area (Å²) < 4.78 is 5.87. The van der Waals surface area contributed by atoms with Crippen molar-refractivity contribution < 1.29 is 14.6 Å². The minimum absolute atomic E-state index is 0.0949. The molecular weight excluding hydrogens is 242 g/mol. The van der Waals surface area contributed by atoms with Crippen LogP contribution in [0.5, 0.6) is 0 Å². The number of hydrogen-bond donors (Lipinski definition) is 1. The molecule has 102 valence electrons. The van der Waals surface area contributed by atoms with E-state index >= 15 is 0 Å². The molecule has 0 saturated carbocycles. The number of carboxylic acid groups (broad SMARTS) is 1. The molecule has 0 aliphatic carbocycles. The molecule has 1 N–H and O–H groups in total. The Hall–Kier alpha value is -1.39. The van der Waals surface area contributed by atoms with Crippen molar-refractivity contribution >= 4 is 5.97 Å². The van der Waals surface area contributed by atoms with Crippen LogP contribution in [-0.4, -0.2) is 42.2 Å². The molecule has 1 aromatic rings. The van der Waals surface area contributed by atoms with Crippen LogP contribution in [0.25, 0.3) is 0 Å². The molecule has 0 radical (unpaired) electrons. The van der Waals surface area contributed by atoms with Gasteiger partial charge in [0.1, 0.15) is 0 Å². The molecule has 1 saturated heterocycles. The summed E-state index contributed by atoms with van der Waals surface area (Å²) in [6, 6.07) is 8.40. The third-order valence-electron chi connectivity index (χ3n) is 4.14. The van der Waals surface area contributed by atoms with E-state index in [1.165, 1.54) is 11.1 Å². The Morgan fingerprint density at radius 3 is 3.05 bits per heavy atom. The van der Waals surface area contributed by atoms with E-state index in [0.717, 1.165) is 32.5 Å². The molecule has 2 aliphatic heterocycles. The highest BCUT2D eigenvalue weighted by Gasteiger charge is 2.31. The molecule has 4 heteroatoms. The van der Waals surface area contributed by atoms with Crippen molar-refractivity contribution in [1.29, 1.82) is 0 Å². The third-order valence-corrected chi connectivity index (χ3v) is 4.14. The minimum Gasteiger partial charge on any atom is -0.481 e. The van der Waals surface area contributed by atoms with Gasteiger partial charge in [-0.3, -0.25) is 9.69 Å². The lowest BCUT2D eigenvalue weighted by atomic mass is 9.97. The van der Waals surface area contributed by atoms with Crippen LogP contribution < -0.4 is 0 Å². The molecule has 2 atom stereocenters. The van der Waals surface area contributed by atoms with Crippen molar-refractivity contribution in [3.63, 3.8) is 0 Å². The first-order valence-corrected chi connectivity index (χ1v) is 6.88. The molecule has 0 aromatic heterocycles. The molecule has 0 amide bonds. The number of fused-ring (bicyclic) bond motifs is 1. The zero-order valence-corrected chi connectivity index (χ0v) is 10.9. The standard InChI is InChI=1S/C15H19NO3/c17-15(18)12-5-7-16(9-12)10-14-13-4-2-1-3-11(13)6-8-19-14/h1-4,12,14H,5-10H2,(H,17,18). The lowest BCUT2D eigenvalue weighted by Gasteiger charge is -2.29. The minimum atomic E-state index is -0.674. The zero-order valence-electron chi connectivity index (χ0n) is 10.9. The fourth-order valence-electron chi connectivity index (χ4n) is 3.06. The number of ether oxygens (including phenoxy) is 1. The molecule has 3 rings (SSSR count). The summed E-state index contributed by atoms with van der Waals surface area (Å²) in [5, 5.41) is 9.04. The normalized spacial score (nSPS) is 27.2. The average Bonchev–Trinajstić information content (AvgIpc) is 2.88. The number of carboxylic acids is 1. The zero-order chi connectivity index (χ0) is 13.2. The number of rotatable bonds is 3. The van der Waals surface area contributed by atoms with Gasteiger partial charge >= 0.3 is 5.97 Å². The van der Waals surface area contributed by atoms with Gasteiger partial charge in [-0.05, 0) is 30.5 Å². The van der Waals surface area contributed by atoms with Crippen LogP contribution in [0.3, 0.4) is 0 Å². The van der Waals surface area contributed by atoms with E-state index in [-0.39, 0.29) is 12.0 Å². The smallest absolute Gasteiger partial charge is 0.307 e. The molecule has 2 unspecified atom stereocenters. The van der Waals surface area contributed by atoms with Gasteiger partial charge in [-0.2, -0.15) is 0 Å². The van der Waals surface area contributed by atoms with Crippen molar-refractivity contribution in [3.05, 3.63) is 35.4 Å². The van der Waals surface area contributed by atoms with Gasteiger partial charge in [-0.25, -0.2) is 0 Å². The van der Waals surface area contributed by atoms with Gasteiger partial charge in [-0.15, -0.1) is 0 Å². The summed E-state index contributed by atoms with van der Waals surface area (Å²) >= 11 is 0. The molecule has 2 aliphatic rings. The second-order valence-corrected chi connectivity index (χ2v) is 5.39. The Labute approximate surface area is 113 Å². The van der Waals surface area contributed by atoms with E-state index in [2.05, 4.69) is 23.1 Å². The number of benzene rings is 1. The lowest BCUT2D eigenvalue weighted by molar-refractivity contribution is -0.141. The molecular formula is C15H19NO3. The summed E-state index contributed by atoms with van der Waals surface area (Å²) in [5.74, 6) is -0.883. The van der Waals surface area contributed by atoms with Gasteiger partial charge in [0.25, 0.3) is 0 Å². The van der Waals surface area contributed by atoms with E-state index < -0.39 is 5.97 Å². The van der Waals surface area contributed by atoms with Crippen LogP contribution in [0.2, 0.25) is 0 Å². The molecule has 2 heterocycles. The van der Waals surface area contributed by atoms with E-state index in [0.29, 0.717) is 6.54 Å². The second-order valence-electron chi connectivity index (χ2n) is 5.39. The summed E-state index contributed by atoms with van der Waals surface area (Å²) in [6.07, 6.45) is 1.83. The Balaban J connectivity index is 1.67. The molecule has 1 fully saturated rings. The van der Waals surface area contributed by atoms with Gasteiger partial charge in [0.2, 0.25) is 0 Å². The molecule has 0 bridgehead atoms. The molecule has 1 aromatic carbocycles. The molecule has 19 heavy (non-hydrogen) atoms. The Morgan fingerprint density at radius 2 is 2.26 bits per heavy atom. The van der Waals surface area contributed by atoms with Crippen molar-refractivity contribution in [2.24, 2.45) is 5.92 Å². The number of nitrogens with zero attached hydrogens (tertiary/aromatic N) is 1. The average molecular weight is 261 g/mol. The van der Waals surface area contributed by atoms with Gasteiger partial charge in [0.05, 0.1) is 18.6 Å². The van der Waals surface area contributed by atoms with Crippen molar-refractivity contribution in [1.82, 2.24) is 4.90 Å². The summed E-state index contributed by atoms with van der Waals surface area (Å²) in [7, 11) is 0. The number of likely N-dealkylation sites (tertiary alicyclic amines) is 1. The first kappa shape index (κ1) is 12.6. The third kappa shape index (κ3) is 2.65. The van der Waals surface area contributed by atoms with Crippen molar-refractivity contribution in [2.75, 3.05) is 26.2 Å². The summed E-state index contributed by atoms with van der Waals surface area (Å²) in [5.41, 5.74) is 2.64. The number of hydrogen-bond acceptors (Lipinski definition) is 3. The Bertz CT molecular complexity index is 474. The fourth-order valence-corrected chi connectivity index (χ4v) is 3.06. The highest BCUT2D eigenvalue weighted by molar-refractivity contribution is 5.70. The van der Waals surface area contributed by atoms with Crippen LogP contribution >= 0.6 is 0 Å². The number of carbonyl (C=O) groups is 1. The van der Waals surface area contributed by atoms with Crippen molar-refractivity contribution in [3.8, 4) is 0 Å². The number of aliphatic carboxylic acids is 1. The maximum Gasteiger partial charge on any atom is 0.307 e. The summed E-state index contributed by atoms with van der Waals surface area (Å²) in [4.78, 5) is 13.2. The van der Waals surface area contributed by atoms with Gasteiger partial charge in [0, 0.05) is 13.1 Å². The largest absolute Gasteiger partial charge is 0.481 e. The quantitative estimate of drug-likeness (QED) is 0.900. The molecule has 0 spiro atoms. The fraction of sp³-hybridized carbons (Fsp3) is 0.533. The van der Waals surface area contributed by atoms with Gasteiger partial charge in [0.15, 0.2) is 0 Å². The summed E-state index contributed by atoms with van der Waals surface area (Å²) in [6.45, 7) is 3.08. The monoisotopic (exact) mass is 261 g/mol. The second kappa shape index (κ2) is 5.31. The van der Waals surface area contributed by atoms with Crippen LogP contribution in [0.1, 0.15) is 23.7 Å². The predicted octanol–water partition coefficient (Wildman–Crippen LogP) is 1.71. The predicted molar refractivity (Wildman–Crippen MR) is 71.0 cm³/mol. The van der Waals surface area contributed by atoms with E-state index in [4.69, 9.17) is 9.84 Å². The van der Waals surface area contributed by atoms with Gasteiger partial charge < -0.3 is 9.84 Å². The highest BCUT2D eigenvalue weighted by Crippen LogP contribution is 2.29. The van der Waals surface area contributed by atoms with Crippen molar-refractivity contribution in [2.45, 2.75) is 18.9 Å².